The van der Waals surface area contributed by atoms with E-state index in [9.17, 15) is 0 Å². The van der Waals surface area contributed by atoms with Crippen molar-refractivity contribution in [1.29, 1.82) is 0 Å². The average Bonchev–Trinajstić information content (AvgIpc) is 2.88. The second-order valence-electron chi connectivity index (χ2n) is 4.09. The van der Waals surface area contributed by atoms with Crippen LogP contribution in [0.15, 0.2) is 0 Å². The Balaban J connectivity index is 1.88. The van der Waals surface area contributed by atoms with Crippen molar-refractivity contribution in [2.45, 2.75) is 25.7 Å². The van der Waals surface area contributed by atoms with E-state index in [1.165, 1.54) is 37.2 Å². The molecule has 0 aromatic carbocycles. The van der Waals surface area contributed by atoms with E-state index in [2.05, 4.69) is 11.8 Å². The Morgan fingerprint density at radius 2 is 2.33 bits per heavy atom. The third kappa shape index (κ3) is 1.63. The van der Waals surface area contributed by atoms with Gasteiger partial charge in [0.15, 0.2) is 0 Å². The second kappa shape index (κ2) is 3.56. The lowest BCUT2D eigenvalue weighted by atomic mass is 9.87. The van der Waals surface area contributed by atoms with Crippen molar-refractivity contribution in [3.05, 3.63) is 0 Å². The molecule has 2 N–H and O–H groups in total. The molecule has 0 spiro atoms. The molecule has 1 unspecified atom stereocenters. The normalized spacial score (nSPS) is 33.2. The van der Waals surface area contributed by atoms with Gasteiger partial charge in [-0.15, -0.1) is 0 Å². The molecule has 0 radical (unpaired) electrons. The highest BCUT2D eigenvalue weighted by molar-refractivity contribution is 7.99. The minimum absolute atomic E-state index is 0.502. The summed E-state index contributed by atoms with van der Waals surface area (Å²) in [7, 11) is 0. The Morgan fingerprint density at radius 3 is 2.83 bits per heavy atom. The second-order valence-corrected chi connectivity index (χ2v) is 5.24. The van der Waals surface area contributed by atoms with Crippen LogP contribution >= 0.6 is 11.8 Å². The van der Waals surface area contributed by atoms with E-state index in [0.717, 1.165) is 12.5 Å². The van der Waals surface area contributed by atoms with Crippen molar-refractivity contribution in [1.82, 2.24) is 0 Å². The highest BCUT2D eigenvalue weighted by atomic mass is 32.2. The van der Waals surface area contributed by atoms with Gasteiger partial charge in [-0.3, -0.25) is 0 Å². The predicted octanol–water partition coefficient (Wildman–Crippen LogP) is 1.80. The van der Waals surface area contributed by atoms with E-state index in [4.69, 9.17) is 10.7 Å². The standard InChI is InChI=1S/C9H17NOS/c10-11-7-9(3-4-9)8-2-1-5-12-6-8/h8H,1-7,10H2. The van der Waals surface area contributed by atoms with E-state index < -0.39 is 0 Å². The Morgan fingerprint density at radius 1 is 1.50 bits per heavy atom. The number of thioether (sulfide) groups is 1. The molecular formula is C9H17NOS. The van der Waals surface area contributed by atoms with Gasteiger partial charge in [0.05, 0.1) is 6.61 Å². The number of rotatable bonds is 3. The Kier molecular flexibility index (Phi) is 2.63. The highest BCUT2D eigenvalue weighted by Crippen LogP contribution is 2.55. The Hall–Kier alpha value is 0.270. The Bertz CT molecular complexity index is 153. The van der Waals surface area contributed by atoms with Crippen molar-refractivity contribution >= 4 is 11.8 Å². The highest BCUT2D eigenvalue weighted by Gasteiger charge is 2.49. The molecule has 1 saturated carbocycles. The molecule has 0 amide bonds. The molecule has 0 aromatic rings. The number of hydrogen-bond acceptors (Lipinski definition) is 3. The van der Waals surface area contributed by atoms with E-state index in [1.54, 1.807) is 0 Å². The smallest absolute Gasteiger partial charge is 0.0738 e. The van der Waals surface area contributed by atoms with Crippen LogP contribution in [0, 0.1) is 11.3 Å². The number of hydrogen-bond donors (Lipinski definition) is 1. The molecule has 1 aliphatic carbocycles. The maximum absolute atomic E-state index is 5.15. The number of nitrogens with two attached hydrogens (primary N) is 1. The van der Waals surface area contributed by atoms with Gasteiger partial charge >= 0.3 is 0 Å². The van der Waals surface area contributed by atoms with Crippen molar-refractivity contribution in [3.8, 4) is 0 Å². The molecular weight excluding hydrogens is 170 g/mol. The van der Waals surface area contributed by atoms with Crippen LogP contribution in [0.2, 0.25) is 0 Å². The van der Waals surface area contributed by atoms with Crippen LogP contribution in [0.3, 0.4) is 0 Å². The van der Waals surface area contributed by atoms with Gasteiger partial charge < -0.3 is 4.84 Å². The van der Waals surface area contributed by atoms with Gasteiger partial charge in [-0.2, -0.15) is 11.8 Å². The fourth-order valence-electron chi connectivity index (χ4n) is 2.22. The zero-order chi connectivity index (χ0) is 8.44. The summed E-state index contributed by atoms with van der Waals surface area (Å²) in [4.78, 5) is 4.81. The first-order valence-electron chi connectivity index (χ1n) is 4.77. The van der Waals surface area contributed by atoms with Gasteiger partial charge in [-0.25, -0.2) is 5.90 Å². The van der Waals surface area contributed by atoms with Crippen molar-refractivity contribution in [2.24, 2.45) is 17.2 Å². The summed E-state index contributed by atoms with van der Waals surface area (Å²) < 4.78 is 0. The molecule has 3 heteroatoms. The van der Waals surface area contributed by atoms with Gasteiger partial charge in [-0.05, 0) is 48.5 Å². The SMILES string of the molecule is NOCC1(C2CCCSC2)CC1. The van der Waals surface area contributed by atoms with E-state index in [0.29, 0.717) is 5.41 Å². The largest absolute Gasteiger partial charge is 0.304 e. The lowest BCUT2D eigenvalue weighted by Gasteiger charge is -2.29. The van der Waals surface area contributed by atoms with Crippen LogP contribution in [0.25, 0.3) is 0 Å². The molecule has 70 valence electrons. The summed E-state index contributed by atoms with van der Waals surface area (Å²) >= 11 is 2.10. The van der Waals surface area contributed by atoms with Crippen LogP contribution in [-0.2, 0) is 4.84 Å². The first-order valence-corrected chi connectivity index (χ1v) is 5.92. The minimum atomic E-state index is 0.502. The lowest BCUT2D eigenvalue weighted by molar-refractivity contribution is 0.0668. The van der Waals surface area contributed by atoms with E-state index >= 15 is 0 Å². The molecule has 12 heavy (non-hydrogen) atoms. The van der Waals surface area contributed by atoms with Crippen LogP contribution < -0.4 is 5.90 Å². The van der Waals surface area contributed by atoms with E-state index in [-0.39, 0.29) is 0 Å². The third-order valence-corrected chi connectivity index (χ3v) is 4.50. The molecule has 2 aliphatic rings. The van der Waals surface area contributed by atoms with Crippen molar-refractivity contribution in [3.63, 3.8) is 0 Å². The summed E-state index contributed by atoms with van der Waals surface area (Å²) in [6.07, 6.45) is 5.48. The summed E-state index contributed by atoms with van der Waals surface area (Å²) in [6, 6.07) is 0. The fourth-order valence-corrected chi connectivity index (χ4v) is 3.56. The molecule has 2 fully saturated rings. The maximum Gasteiger partial charge on any atom is 0.0738 e. The topological polar surface area (TPSA) is 35.2 Å². The summed E-state index contributed by atoms with van der Waals surface area (Å²) in [5, 5.41) is 0. The maximum atomic E-state index is 5.15. The Labute approximate surface area is 78.2 Å². The third-order valence-electron chi connectivity index (χ3n) is 3.29. The summed E-state index contributed by atoms with van der Waals surface area (Å²) in [5.41, 5.74) is 0.502. The first kappa shape index (κ1) is 8.85. The molecule has 1 aliphatic heterocycles. The van der Waals surface area contributed by atoms with Gasteiger partial charge in [0.1, 0.15) is 0 Å². The van der Waals surface area contributed by atoms with Crippen molar-refractivity contribution in [2.75, 3.05) is 18.1 Å². The van der Waals surface area contributed by atoms with E-state index in [1.807, 2.05) is 0 Å². The van der Waals surface area contributed by atoms with Gasteiger partial charge in [-0.1, -0.05) is 0 Å². The zero-order valence-corrected chi connectivity index (χ0v) is 8.24. The molecule has 2 rings (SSSR count). The molecule has 0 bridgehead atoms. The molecule has 1 saturated heterocycles. The fraction of sp³-hybridized carbons (Fsp3) is 1.00. The van der Waals surface area contributed by atoms with Gasteiger partial charge in [0, 0.05) is 0 Å². The van der Waals surface area contributed by atoms with Gasteiger partial charge in [0.25, 0.3) is 0 Å². The monoisotopic (exact) mass is 187 g/mol. The predicted molar refractivity (Wildman–Crippen MR) is 51.9 cm³/mol. The lowest BCUT2D eigenvalue weighted by Crippen LogP contribution is -2.27. The van der Waals surface area contributed by atoms with Crippen LogP contribution in [0.1, 0.15) is 25.7 Å². The molecule has 1 heterocycles. The van der Waals surface area contributed by atoms with Crippen molar-refractivity contribution < 1.29 is 4.84 Å². The van der Waals surface area contributed by atoms with Crippen LogP contribution in [0.5, 0.6) is 0 Å². The first-order chi connectivity index (χ1) is 5.87. The van der Waals surface area contributed by atoms with Gasteiger partial charge in [0.2, 0.25) is 0 Å². The zero-order valence-electron chi connectivity index (χ0n) is 7.42. The summed E-state index contributed by atoms with van der Waals surface area (Å²) in [6.45, 7) is 0.790. The molecule has 0 aromatic heterocycles. The van der Waals surface area contributed by atoms with Crippen LogP contribution in [0.4, 0.5) is 0 Å². The summed E-state index contributed by atoms with van der Waals surface area (Å²) in [5.74, 6) is 8.74. The average molecular weight is 187 g/mol. The molecule has 2 nitrogen and oxygen atoms in total. The quantitative estimate of drug-likeness (QED) is 0.684. The van der Waals surface area contributed by atoms with Crippen LogP contribution in [-0.4, -0.2) is 18.1 Å². The minimum Gasteiger partial charge on any atom is -0.304 e. The molecule has 1 atom stereocenters.